The quantitative estimate of drug-likeness (QED) is 0.828. The van der Waals surface area contributed by atoms with Crippen LogP contribution in [0, 0.1) is 5.82 Å². The van der Waals surface area contributed by atoms with Crippen LogP contribution in [0.15, 0.2) is 36.5 Å². The number of hydrogen-bond donors (Lipinski definition) is 1. The lowest BCUT2D eigenvalue weighted by Gasteiger charge is -2.03. The van der Waals surface area contributed by atoms with Gasteiger partial charge in [0.2, 0.25) is 0 Å². The van der Waals surface area contributed by atoms with Crippen molar-refractivity contribution in [2.45, 2.75) is 0 Å². The van der Waals surface area contributed by atoms with E-state index in [0.717, 1.165) is 6.07 Å². The van der Waals surface area contributed by atoms with Crippen molar-refractivity contribution in [1.82, 2.24) is 4.98 Å². The molecule has 1 aromatic heterocycles. The second kappa shape index (κ2) is 4.83. The van der Waals surface area contributed by atoms with E-state index in [1.165, 1.54) is 31.5 Å². The summed E-state index contributed by atoms with van der Waals surface area (Å²) in [5.41, 5.74) is 1.20. The van der Waals surface area contributed by atoms with Crippen molar-refractivity contribution in [3.05, 3.63) is 47.9 Å². The number of phenolic OH excluding ortho intramolecular Hbond substituents is 1. The van der Waals surface area contributed by atoms with Crippen LogP contribution in [0.5, 0.6) is 5.75 Å². The van der Waals surface area contributed by atoms with E-state index in [1.54, 1.807) is 6.07 Å². The smallest absolute Gasteiger partial charge is 0.339 e. The fourth-order valence-corrected chi connectivity index (χ4v) is 1.53. The molecule has 0 aliphatic carbocycles. The zero-order chi connectivity index (χ0) is 13.1. The van der Waals surface area contributed by atoms with Crippen LogP contribution < -0.4 is 0 Å². The molecule has 5 heteroatoms. The summed E-state index contributed by atoms with van der Waals surface area (Å²) >= 11 is 0. The number of phenols is 1. The highest BCUT2D eigenvalue weighted by atomic mass is 19.1. The number of carbonyl (C=O) groups excluding carboxylic acids is 1. The number of pyridine rings is 1. The molecule has 0 spiro atoms. The molecule has 0 aliphatic rings. The summed E-state index contributed by atoms with van der Waals surface area (Å²) in [6, 6.07) is 6.73. The van der Waals surface area contributed by atoms with Gasteiger partial charge in [0.15, 0.2) is 0 Å². The third kappa shape index (κ3) is 2.45. The molecule has 0 saturated heterocycles. The number of benzene rings is 1. The third-order valence-electron chi connectivity index (χ3n) is 2.36. The van der Waals surface area contributed by atoms with Crippen LogP contribution in [0.4, 0.5) is 4.39 Å². The minimum Gasteiger partial charge on any atom is -0.508 e. The SMILES string of the molecule is COC(=O)c1ccc(-c2cc(O)cc(F)c2)nc1. The molecule has 2 aromatic rings. The summed E-state index contributed by atoms with van der Waals surface area (Å²) in [5.74, 6) is -1.22. The molecule has 0 aliphatic heterocycles. The summed E-state index contributed by atoms with van der Waals surface area (Å²) < 4.78 is 17.7. The molecule has 0 bridgehead atoms. The van der Waals surface area contributed by atoms with E-state index < -0.39 is 11.8 Å². The third-order valence-corrected chi connectivity index (χ3v) is 2.36. The molecule has 1 N–H and O–H groups in total. The zero-order valence-corrected chi connectivity index (χ0v) is 9.55. The van der Waals surface area contributed by atoms with Gasteiger partial charge >= 0.3 is 5.97 Å². The first-order chi connectivity index (χ1) is 8.60. The Balaban J connectivity index is 2.37. The van der Waals surface area contributed by atoms with Crippen LogP contribution in [-0.4, -0.2) is 23.2 Å². The molecule has 0 radical (unpaired) electrons. The van der Waals surface area contributed by atoms with Crippen LogP contribution in [0.2, 0.25) is 0 Å². The Morgan fingerprint density at radius 2 is 2.11 bits per heavy atom. The van der Waals surface area contributed by atoms with Gasteiger partial charge in [-0.3, -0.25) is 4.98 Å². The summed E-state index contributed by atoms with van der Waals surface area (Å²) in [5, 5.41) is 9.29. The van der Waals surface area contributed by atoms with Gasteiger partial charge in [-0.2, -0.15) is 0 Å². The highest BCUT2D eigenvalue weighted by Crippen LogP contribution is 2.23. The van der Waals surface area contributed by atoms with E-state index in [4.69, 9.17) is 0 Å². The van der Waals surface area contributed by atoms with Gasteiger partial charge in [0, 0.05) is 17.8 Å². The van der Waals surface area contributed by atoms with Crippen LogP contribution in [-0.2, 0) is 4.74 Å². The number of aromatic nitrogens is 1. The average Bonchev–Trinajstić information content (AvgIpc) is 2.37. The topological polar surface area (TPSA) is 59.4 Å². The van der Waals surface area contributed by atoms with Crippen molar-refractivity contribution in [2.24, 2.45) is 0 Å². The number of ether oxygens (including phenoxy) is 1. The Morgan fingerprint density at radius 3 is 2.67 bits per heavy atom. The monoisotopic (exact) mass is 247 g/mol. The lowest BCUT2D eigenvalue weighted by atomic mass is 10.1. The van der Waals surface area contributed by atoms with Gasteiger partial charge in [0.25, 0.3) is 0 Å². The fourth-order valence-electron chi connectivity index (χ4n) is 1.53. The highest BCUT2D eigenvalue weighted by molar-refractivity contribution is 5.89. The number of aromatic hydroxyl groups is 1. The first kappa shape index (κ1) is 12.0. The predicted octanol–water partition coefficient (Wildman–Crippen LogP) is 2.38. The molecule has 18 heavy (non-hydrogen) atoms. The van der Waals surface area contributed by atoms with Crippen molar-refractivity contribution >= 4 is 5.97 Å². The first-order valence-electron chi connectivity index (χ1n) is 5.14. The maximum absolute atomic E-state index is 13.1. The largest absolute Gasteiger partial charge is 0.508 e. The Kier molecular flexibility index (Phi) is 3.23. The summed E-state index contributed by atoms with van der Waals surface area (Å²) in [4.78, 5) is 15.2. The molecule has 92 valence electrons. The van der Waals surface area contributed by atoms with E-state index in [0.29, 0.717) is 16.8 Å². The summed E-state index contributed by atoms with van der Waals surface area (Å²) in [6.07, 6.45) is 1.34. The molecule has 1 heterocycles. The maximum atomic E-state index is 13.1. The predicted molar refractivity (Wildman–Crippen MR) is 62.6 cm³/mol. The van der Waals surface area contributed by atoms with E-state index in [1.807, 2.05) is 0 Å². The molecule has 0 amide bonds. The normalized spacial score (nSPS) is 10.1. The number of carbonyl (C=O) groups is 1. The molecule has 0 atom stereocenters. The molecule has 0 fully saturated rings. The average molecular weight is 247 g/mol. The molecule has 0 saturated carbocycles. The number of hydrogen-bond acceptors (Lipinski definition) is 4. The molecular weight excluding hydrogens is 237 g/mol. The van der Waals surface area contributed by atoms with Gasteiger partial charge in [0.05, 0.1) is 18.4 Å². The Morgan fingerprint density at radius 1 is 1.33 bits per heavy atom. The minimum atomic E-state index is -0.552. The number of nitrogens with zero attached hydrogens (tertiary/aromatic N) is 1. The van der Waals surface area contributed by atoms with Gasteiger partial charge in [-0.15, -0.1) is 0 Å². The zero-order valence-electron chi connectivity index (χ0n) is 9.55. The van der Waals surface area contributed by atoms with Crippen molar-refractivity contribution in [3.8, 4) is 17.0 Å². The number of methoxy groups -OCH3 is 1. The van der Waals surface area contributed by atoms with Gasteiger partial charge in [0.1, 0.15) is 11.6 Å². The number of halogens is 1. The molecule has 0 unspecified atom stereocenters. The van der Waals surface area contributed by atoms with Crippen molar-refractivity contribution in [3.63, 3.8) is 0 Å². The van der Waals surface area contributed by atoms with Gasteiger partial charge < -0.3 is 9.84 Å². The Labute approximate surface area is 103 Å². The van der Waals surface area contributed by atoms with Crippen LogP contribution in [0.25, 0.3) is 11.3 Å². The second-order valence-electron chi connectivity index (χ2n) is 3.62. The lowest BCUT2D eigenvalue weighted by molar-refractivity contribution is 0.0600. The van der Waals surface area contributed by atoms with Gasteiger partial charge in [-0.25, -0.2) is 9.18 Å². The van der Waals surface area contributed by atoms with E-state index in [2.05, 4.69) is 9.72 Å². The molecule has 2 rings (SSSR count). The van der Waals surface area contributed by atoms with Crippen LogP contribution in [0.1, 0.15) is 10.4 Å². The second-order valence-corrected chi connectivity index (χ2v) is 3.62. The number of rotatable bonds is 2. The van der Waals surface area contributed by atoms with Gasteiger partial charge in [-0.1, -0.05) is 0 Å². The van der Waals surface area contributed by atoms with Crippen molar-refractivity contribution in [2.75, 3.05) is 7.11 Å². The van der Waals surface area contributed by atoms with E-state index in [-0.39, 0.29) is 5.75 Å². The molecular formula is C13H10FNO3. The van der Waals surface area contributed by atoms with Gasteiger partial charge in [-0.05, 0) is 24.3 Å². The number of esters is 1. The van der Waals surface area contributed by atoms with E-state index in [9.17, 15) is 14.3 Å². The highest BCUT2D eigenvalue weighted by Gasteiger charge is 2.08. The van der Waals surface area contributed by atoms with Crippen molar-refractivity contribution < 1.29 is 19.0 Å². The molecule has 1 aromatic carbocycles. The van der Waals surface area contributed by atoms with Crippen LogP contribution in [0.3, 0.4) is 0 Å². The lowest BCUT2D eigenvalue weighted by Crippen LogP contribution is -2.01. The Bertz CT molecular complexity index is 561. The Hall–Kier alpha value is -2.43. The fraction of sp³-hybridized carbons (Fsp3) is 0.0769. The summed E-state index contributed by atoms with van der Waals surface area (Å²) in [7, 11) is 1.28. The van der Waals surface area contributed by atoms with Crippen LogP contribution >= 0.6 is 0 Å². The molecule has 4 nitrogen and oxygen atoms in total. The first-order valence-corrected chi connectivity index (χ1v) is 5.14. The summed E-state index contributed by atoms with van der Waals surface area (Å²) in [6.45, 7) is 0. The maximum Gasteiger partial charge on any atom is 0.339 e. The van der Waals surface area contributed by atoms with Crippen molar-refractivity contribution in [1.29, 1.82) is 0 Å². The van der Waals surface area contributed by atoms with E-state index >= 15 is 0 Å². The minimum absolute atomic E-state index is 0.177. The standard InChI is InChI=1S/C13H10FNO3/c1-18-13(17)8-2-3-12(15-7-8)9-4-10(14)6-11(16)5-9/h2-7,16H,1H3.